The molecule has 104 valence electrons. The van der Waals surface area contributed by atoms with Gasteiger partial charge in [0, 0.05) is 33.2 Å². The van der Waals surface area contributed by atoms with Gasteiger partial charge >= 0.3 is 12.0 Å². The SMILES string of the molecule is CN(CC1CCCO1)C(=O)NCCC(O)C(=O)O. The van der Waals surface area contributed by atoms with E-state index in [9.17, 15) is 9.59 Å². The van der Waals surface area contributed by atoms with E-state index in [1.807, 2.05) is 0 Å². The third kappa shape index (κ3) is 4.89. The van der Waals surface area contributed by atoms with Crippen LogP contribution in [0.4, 0.5) is 4.79 Å². The lowest BCUT2D eigenvalue weighted by atomic mass is 10.2. The van der Waals surface area contributed by atoms with Gasteiger partial charge in [-0.1, -0.05) is 0 Å². The number of nitrogens with zero attached hydrogens (tertiary/aromatic N) is 1. The van der Waals surface area contributed by atoms with Gasteiger partial charge in [-0.25, -0.2) is 9.59 Å². The molecule has 7 nitrogen and oxygen atoms in total. The molecule has 1 aliphatic heterocycles. The van der Waals surface area contributed by atoms with E-state index >= 15 is 0 Å². The Bertz CT molecular complexity index is 291. The first kappa shape index (κ1) is 14.7. The smallest absolute Gasteiger partial charge is 0.332 e. The number of hydrogen-bond donors (Lipinski definition) is 3. The largest absolute Gasteiger partial charge is 0.479 e. The molecular formula is C11H20N2O5. The van der Waals surface area contributed by atoms with Gasteiger partial charge in [0.2, 0.25) is 0 Å². The van der Waals surface area contributed by atoms with Gasteiger partial charge in [-0.05, 0) is 12.8 Å². The van der Waals surface area contributed by atoms with Crippen molar-refractivity contribution in [3.8, 4) is 0 Å². The van der Waals surface area contributed by atoms with E-state index in [2.05, 4.69) is 5.32 Å². The molecule has 1 heterocycles. The molecule has 1 fully saturated rings. The monoisotopic (exact) mass is 260 g/mol. The molecule has 2 atom stereocenters. The highest BCUT2D eigenvalue weighted by Crippen LogP contribution is 2.12. The number of nitrogens with one attached hydrogen (secondary N) is 1. The lowest BCUT2D eigenvalue weighted by Crippen LogP contribution is -2.42. The van der Waals surface area contributed by atoms with E-state index < -0.39 is 12.1 Å². The fraction of sp³-hybridized carbons (Fsp3) is 0.818. The Morgan fingerprint density at radius 2 is 2.28 bits per heavy atom. The predicted octanol–water partition coefficient (Wildman–Crippen LogP) is -0.358. The minimum Gasteiger partial charge on any atom is -0.479 e. The van der Waals surface area contributed by atoms with Crippen LogP contribution < -0.4 is 5.32 Å². The summed E-state index contributed by atoms with van der Waals surface area (Å²) < 4.78 is 5.41. The topological polar surface area (TPSA) is 99.1 Å². The zero-order valence-corrected chi connectivity index (χ0v) is 10.5. The van der Waals surface area contributed by atoms with Crippen molar-refractivity contribution in [3.05, 3.63) is 0 Å². The van der Waals surface area contributed by atoms with Crippen LogP contribution in [0.25, 0.3) is 0 Å². The number of amides is 2. The number of hydrogen-bond acceptors (Lipinski definition) is 4. The molecule has 2 unspecified atom stereocenters. The van der Waals surface area contributed by atoms with Crippen molar-refractivity contribution in [1.29, 1.82) is 0 Å². The highest BCUT2D eigenvalue weighted by Gasteiger charge is 2.20. The number of carboxylic acid groups (broad SMARTS) is 1. The van der Waals surface area contributed by atoms with Crippen LogP contribution in [0.15, 0.2) is 0 Å². The number of ether oxygens (including phenoxy) is 1. The Labute approximate surface area is 106 Å². The molecule has 0 aromatic rings. The molecular weight excluding hydrogens is 240 g/mol. The van der Waals surface area contributed by atoms with Gasteiger partial charge in [0.05, 0.1) is 6.10 Å². The number of rotatable bonds is 6. The van der Waals surface area contributed by atoms with Crippen LogP contribution in [0.2, 0.25) is 0 Å². The Hall–Kier alpha value is -1.34. The van der Waals surface area contributed by atoms with Crippen LogP contribution in [0.3, 0.4) is 0 Å². The van der Waals surface area contributed by atoms with Crippen molar-refractivity contribution in [2.24, 2.45) is 0 Å². The summed E-state index contributed by atoms with van der Waals surface area (Å²) in [6.07, 6.45) is 0.619. The second-order valence-electron chi connectivity index (χ2n) is 4.39. The summed E-state index contributed by atoms with van der Waals surface area (Å²) in [5.74, 6) is -1.28. The first-order valence-corrected chi connectivity index (χ1v) is 6.02. The second-order valence-corrected chi connectivity index (χ2v) is 4.39. The molecule has 7 heteroatoms. The molecule has 0 radical (unpaired) electrons. The quantitative estimate of drug-likeness (QED) is 0.606. The molecule has 2 amide bonds. The Kier molecular flexibility index (Phi) is 5.87. The minimum atomic E-state index is -1.44. The lowest BCUT2D eigenvalue weighted by Gasteiger charge is -2.21. The van der Waals surface area contributed by atoms with Crippen molar-refractivity contribution in [2.75, 3.05) is 26.7 Å². The van der Waals surface area contributed by atoms with E-state index in [1.165, 1.54) is 4.90 Å². The van der Waals surface area contributed by atoms with E-state index in [-0.39, 0.29) is 25.1 Å². The molecule has 0 bridgehead atoms. The second kappa shape index (κ2) is 7.17. The van der Waals surface area contributed by atoms with Crippen molar-refractivity contribution < 1.29 is 24.5 Å². The number of carbonyl (C=O) groups excluding carboxylic acids is 1. The number of urea groups is 1. The van der Waals surface area contributed by atoms with Crippen molar-refractivity contribution in [2.45, 2.75) is 31.5 Å². The van der Waals surface area contributed by atoms with E-state index in [0.717, 1.165) is 19.4 Å². The standard InChI is InChI=1S/C11H20N2O5/c1-13(7-8-3-2-6-18-8)11(17)12-5-4-9(14)10(15)16/h8-9,14H,2-7H2,1H3,(H,12,17)(H,15,16). The molecule has 3 N–H and O–H groups in total. The summed E-state index contributed by atoms with van der Waals surface area (Å²) in [4.78, 5) is 23.5. The van der Waals surface area contributed by atoms with Gasteiger partial charge in [0.15, 0.2) is 6.10 Å². The Balaban J connectivity index is 2.16. The van der Waals surface area contributed by atoms with Gasteiger partial charge in [0.1, 0.15) is 0 Å². The summed E-state index contributed by atoms with van der Waals surface area (Å²) in [7, 11) is 1.66. The number of aliphatic hydroxyl groups is 1. The zero-order valence-electron chi connectivity index (χ0n) is 10.5. The zero-order chi connectivity index (χ0) is 13.5. The van der Waals surface area contributed by atoms with Crippen LogP contribution >= 0.6 is 0 Å². The normalized spacial score (nSPS) is 20.4. The third-order valence-corrected chi connectivity index (χ3v) is 2.83. The van der Waals surface area contributed by atoms with Crippen molar-refractivity contribution in [3.63, 3.8) is 0 Å². The Morgan fingerprint density at radius 3 is 2.83 bits per heavy atom. The summed E-state index contributed by atoms with van der Waals surface area (Å²) >= 11 is 0. The van der Waals surface area contributed by atoms with E-state index in [0.29, 0.717) is 6.54 Å². The average molecular weight is 260 g/mol. The summed E-state index contributed by atoms with van der Waals surface area (Å²) in [6, 6.07) is -0.289. The first-order valence-electron chi connectivity index (χ1n) is 6.02. The van der Waals surface area contributed by atoms with Crippen LogP contribution in [0, 0.1) is 0 Å². The van der Waals surface area contributed by atoms with Gasteiger partial charge in [-0.3, -0.25) is 0 Å². The number of aliphatic hydroxyl groups excluding tert-OH is 1. The Morgan fingerprint density at radius 1 is 1.56 bits per heavy atom. The minimum absolute atomic E-state index is 0.00512. The molecule has 0 aromatic carbocycles. The fourth-order valence-corrected chi connectivity index (χ4v) is 1.75. The molecule has 18 heavy (non-hydrogen) atoms. The van der Waals surface area contributed by atoms with Crippen LogP contribution in [0.1, 0.15) is 19.3 Å². The molecule has 0 aromatic heterocycles. The lowest BCUT2D eigenvalue weighted by molar-refractivity contribution is -0.146. The van der Waals surface area contributed by atoms with Gasteiger partial charge < -0.3 is 25.2 Å². The highest BCUT2D eigenvalue weighted by molar-refractivity contribution is 5.74. The van der Waals surface area contributed by atoms with Crippen LogP contribution in [-0.4, -0.2) is 66.1 Å². The summed E-state index contributed by atoms with van der Waals surface area (Å²) in [6.45, 7) is 1.39. The van der Waals surface area contributed by atoms with Crippen molar-refractivity contribution >= 4 is 12.0 Å². The fourth-order valence-electron chi connectivity index (χ4n) is 1.75. The number of carbonyl (C=O) groups is 2. The number of carboxylic acids is 1. The molecule has 0 spiro atoms. The van der Waals surface area contributed by atoms with Gasteiger partial charge in [-0.2, -0.15) is 0 Å². The van der Waals surface area contributed by atoms with Crippen LogP contribution in [0.5, 0.6) is 0 Å². The third-order valence-electron chi connectivity index (χ3n) is 2.83. The van der Waals surface area contributed by atoms with Crippen LogP contribution in [-0.2, 0) is 9.53 Å². The first-order chi connectivity index (χ1) is 8.50. The van der Waals surface area contributed by atoms with E-state index in [4.69, 9.17) is 14.9 Å². The van der Waals surface area contributed by atoms with Crippen molar-refractivity contribution in [1.82, 2.24) is 10.2 Å². The summed E-state index contributed by atoms with van der Waals surface area (Å²) in [5.41, 5.74) is 0. The van der Waals surface area contributed by atoms with Gasteiger partial charge in [0.25, 0.3) is 0 Å². The predicted molar refractivity (Wildman–Crippen MR) is 63.3 cm³/mol. The molecule has 0 aliphatic carbocycles. The van der Waals surface area contributed by atoms with Gasteiger partial charge in [-0.15, -0.1) is 0 Å². The highest BCUT2D eigenvalue weighted by atomic mass is 16.5. The molecule has 1 saturated heterocycles. The molecule has 1 rings (SSSR count). The van der Waals surface area contributed by atoms with E-state index in [1.54, 1.807) is 7.05 Å². The average Bonchev–Trinajstić information content (AvgIpc) is 2.81. The number of aliphatic carboxylic acids is 1. The maximum absolute atomic E-state index is 11.6. The molecule has 1 aliphatic rings. The maximum Gasteiger partial charge on any atom is 0.332 e. The number of likely N-dealkylation sites (N-methyl/N-ethyl adjacent to an activating group) is 1. The molecule has 0 saturated carbocycles. The summed E-state index contributed by atoms with van der Waals surface area (Å²) in [5, 5.41) is 20.0. The maximum atomic E-state index is 11.6.